The van der Waals surface area contributed by atoms with Gasteiger partial charge in [0, 0.05) is 30.6 Å². The molecular weight excluding hydrogens is 242 g/mol. The molecule has 1 aromatic heterocycles. The second kappa shape index (κ2) is 4.55. The lowest BCUT2D eigenvalue weighted by atomic mass is 10.2. The lowest BCUT2D eigenvalue weighted by molar-refractivity contribution is -0.384. The molecule has 0 saturated carbocycles. The van der Waals surface area contributed by atoms with Gasteiger partial charge in [0.05, 0.1) is 4.92 Å². The normalized spacial score (nSPS) is 10.5. The van der Waals surface area contributed by atoms with Crippen LogP contribution in [0.1, 0.15) is 6.92 Å². The zero-order valence-corrected chi connectivity index (χ0v) is 9.89. The molecule has 0 bridgehead atoms. The Morgan fingerprint density at radius 2 is 2.29 bits per heavy atom. The van der Waals surface area contributed by atoms with Crippen LogP contribution in [0.5, 0.6) is 0 Å². The molecule has 1 aromatic carbocycles. The molecule has 6 heteroatoms. The van der Waals surface area contributed by atoms with Gasteiger partial charge in [-0.05, 0) is 19.1 Å². The highest BCUT2D eigenvalue weighted by molar-refractivity contribution is 6.32. The van der Waals surface area contributed by atoms with Crippen molar-refractivity contribution in [2.75, 3.05) is 0 Å². The molecule has 2 rings (SSSR count). The van der Waals surface area contributed by atoms with Gasteiger partial charge in [-0.15, -0.1) is 0 Å². The van der Waals surface area contributed by atoms with Gasteiger partial charge < -0.3 is 4.57 Å². The Balaban J connectivity index is 2.54. The number of nitrogens with zero attached hydrogens (tertiary/aromatic N) is 3. The summed E-state index contributed by atoms with van der Waals surface area (Å²) in [6.45, 7) is 2.74. The summed E-state index contributed by atoms with van der Waals surface area (Å²) in [4.78, 5) is 14.5. The molecule has 0 spiro atoms. The van der Waals surface area contributed by atoms with Crippen LogP contribution in [0, 0.1) is 10.1 Å². The van der Waals surface area contributed by atoms with Gasteiger partial charge in [-0.3, -0.25) is 10.1 Å². The Hall–Kier alpha value is -1.88. The van der Waals surface area contributed by atoms with Crippen molar-refractivity contribution in [2.24, 2.45) is 0 Å². The van der Waals surface area contributed by atoms with E-state index in [1.165, 1.54) is 12.1 Å². The number of nitro groups is 1. The molecule has 17 heavy (non-hydrogen) atoms. The molecule has 88 valence electrons. The van der Waals surface area contributed by atoms with Crippen molar-refractivity contribution in [3.8, 4) is 11.4 Å². The molecule has 0 N–H and O–H groups in total. The van der Waals surface area contributed by atoms with Gasteiger partial charge in [-0.1, -0.05) is 11.6 Å². The first-order chi connectivity index (χ1) is 8.13. The number of halogens is 1. The van der Waals surface area contributed by atoms with E-state index in [0.29, 0.717) is 11.4 Å². The van der Waals surface area contributed by atoms with Crippen molar-refractivity contribution in [1.82, 2.24) is 9.55 Å². The summed E-state index contributed by atoms with van der Waals surface area (Å²) in [6.07, 6.45) is 3.50. The van der Waals surface area contributed by atoms with E-state index in [-0.39, 0.29) is 10.7 Å². The Kier molecular flexibility index (Phi) is 3.10. The minimum absolute atomic E-state index is 0.102. The maximum Gasteiger partial charge on any atom is 0.288 e. The van der Waals surface area contributed by atoms with Crippen molar-refractivity contribution in [2.45, 2.75) is 13.5 Å². The minimum atomic E-state index is -0.495. The number of aromatic nitrogens is 2. The predicted octanol–water partition coefficient (Wildman–Crippen LogP) is 3.13. The molecular formula is C11H10ClN3O2. The van der Waals surface area contributed by atoms with Crippen LogP contribution in [0.3, 0.4) is 0 Å². The smallest absolute Gasteiger partial charge is 0.288 e. The highest BCUT2D eigenvalue weighted by atomic mass is 35.5. The van der Waals surface area contributed by atoms with E-state index in [4.69, 9.17) is 11.6 Å². The highest BCUT2D eigenvalue weighted by Gasteiger charge is 2.15. The van der Waals surface area contributed by atoms with Crippen LogP contribution < -0.4 is 0 Å². The van der Waals surface area contributed by atoms with Crippen LogP contribution in [0.4, 0.5) is 5.69 Å². The summed E-state index contributed by atoms with van der Waals surface area (Å²) in [7, 11) is 0. The van der Waals surface area contributed by atoms with E-state index < -0.39 is 4.92 Å². The minimum Gasteiger partial charge on any atom is -0.331 e. The number of rotatable bonds is 3. The molecule has 0 aliphatic heterocycles. The van der Waals surface area contributed by atoms with Gasteiger partial charge in [-0.2, -0.15) is 0 Å². The van der Waals surface area contributed by atoms with Gasteiger partial charge in [0.1, 0.15) is 10.8 Å². The van der Waals surface area contributed by atoms with E-state index in [1.807, 2.05) is 17.7 Å². The van der Waals surface area contributed by atoms with Crippen LogP contribution in [0.2, 0.25) is 5.02 Å². The van der Waals surface area contributed by atoms with Crippen molar-refractivity contribution >= 4 is 17.3 Å². The summed E-state index contributed by atoms with van der Waals surface area (Å²) in [5, 5.41) is 10.9. The molecule has 0 aliphatic rings. The third-order valence-corrected chi connectivity index (χ3v) is 2.78. The molecule has 0 saturated heterocycles. The van der Waals surface area contributed by atoms with E-state index in [0.717, 1.165) is 6.54 Å². The number of nitro benzene ring substituents is 1. The number of hydrogen-bond donors (Lipinski definition) is 0. The van der Waals surface area contributed by atoms with Crippen molar-refractivity contribution in [3.63, 3.8) is 0 Å². The van der Waals surface area contributed by atoms with Gasteiger partial charge >= 0.3 is 0 Å². The summed E-state index contributed by atoms with van der Waals surface area (Å²) >= 11 is 5.76. The van der Waals surface area contributed by atoms with Crippen LogP contribution >= 0.6 is 11.6 Å². The first kappa shape index (κ1) is 11.6. The fraction of sp³-hybridized carbons (Fsp3) is 0.182. The van der Waals surface area contributed by atoms with Gasteiger partial charge in [-0.25, -0.2) is 4.98 Å². The third kappa shape index (κ3) is 2.14. The van der Waals surface area contributed by atoms with E-state index in [2.05, 4.69) is 4.98 Å². The standard InChI is InChI=1S/C11H10ClN3O2/c1-2-14-6-5-13-11(14)8-3-4-9(12)10(7-8)15(16)17/h3-7H,2H2,1H3. The molecule has 0 atom stereocenters. The lowest BCUT2D eigenvalue weighted by Gasteiger charge is -2.05. The van der Waals surface area contributed by atoms with Crippen LogP contribution in [0.15, 0.2) is 30.6 Å². The second-order valence-electron chi connectivity index (χ2n) is 3.46. The number of benzene rings is 1. The zero-order valence-electron chi connectivity index (χ0n) is 9.13. The predicted molar refractivity (Wildman–Crippen MR) is 65.0 cm³/mol. The largest absolute Gasteiger partial charge is 0.331 e. The number of imidazole rings is 1. The first-order valence-electron chi connectivity index (χ1n) is 5.09. The summed E-state index contributed by atoms with van der Waals surface area (Å²) < 4.78 is 1.91. The quantitative estimate of drug-likeness (QED) is 0.622. The molecule has 5 nitrogen and oxygen atoms in total. The highest BCUT2D eigenvalue weighted by Crippen LogP contribution is 2.29. The number of hydrogen-bond acceptors (Lipinski definition) is 3. The van der Waals surface area contributed by atoms with Crippen molar-refractivity contribution < 1.29 is 4.92 Å². The van der Waals surface area contributed by atoms with Gasteiger partial charge in [0.15, 0.2) is 0 Å². The average Bonchev–Trinajstić information content (AvgIpc) is 2.77. The first-order valence-corrected chi connectivity index (χ1v) is 5.46. The molecule has 0 aliphatic carbocycles. The summed E-state index contributed by atoms with van der Waals surface area (Å²) in [5.41, 5.74) is 0.586. The Labute approximate surface area is 103 Å². The maximum atomic E-state index is 10.8. The van der Waals surface area contributed by atoms with E-state index >= 15 is 0 Å². The Morgan fingerprint density at radius 3 is 2.94 bits per heavy atom. The molecule has 0 amide bonds. The average molecular weight is 252 g/mol. The molecule has 0 fully saturated rings. The Bertz CT molecular complexity index is 566. The van der Waals surface area contributed by atoms with Crippen molar-refractivity contribution in [1.29, 1.82) is 0 Å². The van der Waals surface area contributed by atoms with E-state index in [9.17, 15) is 10.1 Å². The zero-order chi connectivity index (χ0) is 12.4. The lowest BCUT2D eigenvalue weighted by Crippen LogP contribution is -1.97. The maximum absolute atomic E-state index is 10.8. The van der Waals surface area contributed by atoms with Gasteiger partial charge in [0.2, 0.25) is 0 Å². The van der Waals surface area contributed by atoms with Crippen LogP contribution in [0.25, 0.3) is 11.4 Å². The summed E-state index contributed by atoms with van der Waals surface area (Å²) in [6, 6.07) is 4.68. The summed E-state index contributed by atoms with van der Waals surface area (Å²) in [5.74, 6) is 0.701. The molecule has 0 unspecified atom stereocenters. The third-order valence-electron chi connectivity index (χ3n) is 2.46. The monoisotopic (exact) mass is 251 g/mol. The van der Waals surface area contributed by atoms with E-state index in [1.54, 1.807) is 12.3 Å². The fourth-order valence-corrected chi connectivity index (χ4v) is 1.80. The molecule has 2 aromatic rings. The molecule has 0 radical (unpaired) electrons. The van der Waals surface area contributed by atoms with Crippen molar-refractivity contribution in [3.05, 3.63) is 45.7 Å². The second-order valence-corrected chi connectivity index (χ2v) is 3.87. The molecule has 1 heterocycles. The fourth-order valence-electron chi connectivity index (χ4n) is 1.62. The topological polar surface area (TPSA) is 61.0 Å². The van der Waals surface area contributed by atoms with Crippen LogP contribution in [-0.4, -0.2) is 14.5 Å². The van der Waals surface area contributed by atoms with Gasteiger partial charge in [0.25, 0.3) is 5.69 Å². The SMILES string of the molecule is CCn1ccnc1-c1ccc(Cl)c([N+](=O)[O-])c1. The Morgan fingerprint density at radius 1 is 1.53 bits per heavy atom. The van der Waals surface area contributed by atoms with Crippen LogP contribution in [-0.2, 0) is 6.54 Å². The number of aryl methyl sites for hydroxylation is 1.